The molecule has 0 bridgehead atoms. The topological polar surface area (TPSA) is 35.8 Å². The molecule has 0 rings (SSSR count). The number of nitriles is 1. The molecule has 2 nitrogen and oxygen atoms in total. The first kappa shape index (κ1) is 11.0. The van der Waals surface area contributed by atoms with Gasteiger partial charge in [0.2, 0.25) is 0 Å². The average Bonchev–Trinajstić information content (AvgIpc) is 2.04. The molecule has 0 aromatic heterocycles. The number of terminal acetylenes is 1. The van der Waals surface area contributed by atoms with E-state index in [9.17, 15) is 0 Å². The summed E-state index contributed by atoms with van der Waals surface area (Å²) >= 11 is 0. The van der Waals surface area contributed by atoms with Gasteiger partial charge in [-0.2, -0.15) is 5.26 Å². The van der Waals surface area contributed by atoms with Crippen LogP contribution in [0.3, 0.4) is 0 Å². The molecule has 0 aromatic carbocycles. The summed E-state index contributed by atoms with van der Waals surface area (Å²) in [5.74, 6) is 2.62. The van der Waals surface area contributed by atoms with Crippen molar-refractivity contribution >= 4 is 0 Å². The SMILES string of the molecule is C#CCC(CC)NC(C)CC#N. The summed E-state index contributed by atoms with van der Waals surface area (Å²) < 4.78 is 0. The molecule has 0 saturated heterocycles. The average molecular weight is 164 g/mol. The van der Waals surface area contributed by atoms with Crippen LogP contribution in [0.5, 0.6) is 0 Å². The van der Waals surface area contributed by atoms with Crippen molar-refractivity contribution in [2.24, 2.45) is 0 Å². The van der Waals surface area contributed by atoms with Crippen LogP contribution in [-0.4, -0.2) is 12.1 Å². The Morgan fingerprint density at radius 2 is 2.17 bits per heavy atom. The van der Waals surface area contributed by atoms with Crippen LogP contribution in [0.15, 0.2) is 0 Å². The van der Waals surface area contributed by atoms with Crippen LogP contribution in [0.4, 0.5) is 0 Å². The fourth-order valence-corrected chi connectivity index (χ4v) is 1.06. The highest BCUT2D eigenvalue weighted by molar-refractivity contribution is 4.91. The molecule has 12 heavy (non-hydrogen) atoms. The standard InChI is InChI=1S/C10H16N2/c1-4-6-10(5-2)12-9(3)7-8-11/h1,9-10,12H,5-7H2,2-3H3. The van der Waals surface area contributed by atoms with Crippen LogP contribution in [0, 0.1) is 23.7 Å². The van der Waals surface area contributed by atoms with Gasteiger partial charge < -0.3 is 5.32 Å². The van der Waals surface area contributed by atoms with E-state index in [0.717, 1.165) is 12.8 Å². The molecule has 2 atom stereocenters. The maximum atomic E-state index is 8.42. The Morgan fingerprint density at radius 1 is 1.50 bits per heavy atom. The van der Waals surface area contributed by atoms with Gasteiger partial charge in [-0.25, -0.2) is 0 Å². The molecule has 2 unspecified atom stereocenters. The van der Waals surface area contributed by atoms with Crippen LogP contribution in [0.25, 0.3) is 0 Å². The van der Waals surface area contributed by atoms with Gasteiger partial charge in [-0.05, 0) is 13.3 Å². The third-order valence-corrected chi connectivity index (χ3v) is 1.77. The summed E-state index contributed by atoms with van der Waals surface area (Å²) in [4.78, 5) is 0. The number of nitrogens with one attached hydrogen (secondary N) is 1. The zero-order valence-corrected chi connectivity index (χ0v) is 7.80. The zero-order valence-electron chi connectivity index (χ0n) is 7.80. The van der Waals surface area contributed by atoms with Crippen molar-refractivity contribution in [2.75, 3.05) is 0 Å². The summed E-state index contributed by atoms with van der Waals surface area (Å²) in [6.07, 6.45) is 7.50. The highest BCUT2D eigenvalue weighted by atomic mass is 14.9. The molecule has 0 saturated carbocycles. The van der Waals surface area contributed by atoms with E-state index in [2.05, 4.69) is 24.2 Å². The van der Waals surface area contributed by atoms with Crippen molar-refractivity contribution in [1.29, 1.82) is 5.26 Å². The smallest absolute Gasteiger partial charge is 0.0638 e. The zero-order chi connectivity index (χ0) is 9.40. The number of hydrogen-bond acceptors (Lipinski definition) is 2. The second-order valence-corrected chi connectivity index (χ2v) is 2.94. The molecule has 1 N–H and O–H groups in total. The van der Waals surface area contributed by atoms with Crippen LogP contribution in [0.1, 0.15) is 33.1 Å². The Kier molecular flexibility index (Phi) is 6.15. The van der Waals surface area contributed by atoms with Crippen molar-refractivity contribution < 1.29 is 0 Å². The van der Waals surface area contributed by atoms with Gasteiger partial charge in [0.25, 0.3) is 0 Å². The van der Waals surface area contributed by atoms with E-state index >= 15 is 0 Å². The van der Waals surface area contributed by atoms with Crippen molar-refractivity contribution in [3.8, 4) is 18.4 Å². The fraction of sp³-hybridized carbons (Fsp3) is 0.700. The van der Waals surface area contributed by atoms with Crippen molar-refractivity contribution in [2.45, 2.75) is 45.2 Å². The molecule has 0 aliphatic heterocycles. The third-order valence-electron chi connectivity index (χ3n) is 1.77. The summed E-state index contributed by atoms with van der Waals surface area (Å²) in [6, 6.07) is 2.73. The molecule has 66 valence electrons. The van der Waals surface area contributed by atoms with Gasteiger partial charge in [-0.3, -0.25) is 0 Å². The van der Waals surface area contributed by atoms with Crippen LogP contribution in [0.2, 0.25) is 0 Å². The number of nitrogens with zero attached hydrogens (tertiary/aromatic N) is 1. The Balaban J connectivity index is 3.71. The van der Waals surface area contributed by atoms with Crippen molar-refractivity contribution in [3.63, 3.8) is 0 Å². The van der Waals surface area contributed by atoms with E-state index in [-0.39, 0.29) is 6.04 Å². The lowest BCUT2D eigenvalue weighted by molar-refractivity contribution is 0.443. The summed E-state index contributed by atoms with van der Waals surface area (Å²) in [6.45, 7) is 4.09. The maximum absolute atomic E-state index is 8.42. The van der Waals surface area contributed by atoms with E-state index in [1.807, 2.05) is 6.92 Å². The minimum atomic E-state index is 0.244. The normalized spacial score (nSPS) is 14.3. The minimum absolute atomic E-state index is 0.244. The predicted octanol–water partition coefficient (Wildman–Crippen LogP) is 1.68. The first-order valence-corrected chi connectivity index (χ1v) is 4.31. The summed E-state index contributed by atoms with van der Waals surface area (Å²) in [5, 5.41) is 11.7. The summed E-state index contributed by atoms with van der Waals surface area (Å²) in [7, 11) is 0. The first-order valence-electron chi connectivity index (χ1n) is 4.31. The monoisotopic (exact) mass is 164 g/mol. The lowest BCUT2D eigenvalue weighted by Gasteiger charge is -2.18. The lowest BCUT2D eigenvalue weighted by Crippen LogP contribution is -2.35. The van der Waals surface area contributed by atoms with Crippen molar-refractivity contribution in [1.82, 2.24) is 5.32 Å². The second kappa shape index (κ2) is 6.70. The predicted molar refractivity (Wildman–Crippen MR) is 50.4 cm³/mol. The molecule has 0 fully saturated rings. The van der Waals surface area contributed by atoms with E-state index in [0.29, 0.717) is 12.5 Å². The van der Waals surface area contributed by atoms with E-state index < -0.39 is 0 Å². The lowest BCUT2D eigenvalue weighted by atomic mass is 10.1. The van der Waals surface area contributed by atoms with Crippen molar-refractivity contribution in [3.05, 3.63) is 0 Å². The Morgan fingerprint density at radius 3 is 2.58 bits per heavy atom. The van der Waals surface area contributed by atoms with Crippen LogP contribution < -0.4 is 5.32 Å². The Labute approximate surface area is 75.0 Å². The summed E-state index contributed by atoms with van der Waals surface area (Å²) in [5.41, 5.74) is 0. The molecule has 0 radical (unpaired) electrons. The van der Waals surface area contributed by atoms with Gasteiger partial charge in [-0.1, -0.05) is 6.92 Å². The quantitative estimate of drug-likeness (QED) is 0.627. The molecule has 0 aromatic rings. The van der Waals surface area contributed by atoms with Gasteiger partial charge in [0.1, 0.15) is 0 Å². The molecular weight excluding hydrogens is 148 g/mol. The van der Waals surface area contributed by atoms with Gasteiger partial charge >= 0.3 is 0 Å². The first-order chi connectivity index (χ1) is 5.74. The highest BCUT2D eigenvalue weighted by Gasteiger charge is 2.07. The minimum Gasteiger partial charge on any atom is -0.310 e. The Hall–Kier alpha value is -0.990. The number of rotatable bonds is 5. The van der Waals surface area contributed by atoms with Gasteiger partial charge in [0.15, 0.2) is 0 Å². The molecule has 0 aliphatic carbocycles. The maximum Gasteiger partial charge on any atom is 0.0638 e. The third kappa shape index (κ3) is 4.77. The van der Waals surface area contributed by atoms with Crippen LogP contribution >= 0.6 is 0 Å². The number of hydrogen-bond donors (Lipinski definition) is 1. The molecular formula is C10H16N2. The van der Waals surface area contributed by atoms with Gasteiger partial charge in [0, 0.05) is 18.5 Å². The Bertz CT molecular complexity index is 185. The second-order valence-electron chi connectivity index (χ2n) is 2.94. The molecule has 2 heteroatoms. The van der Waals surface area contributed by atoms with E-state index in [4.69, 9.17) is 11.7 Å². The molecule has 0 heterocycles. The molecule has 0 spiro atoms. The highest BCUT2D eigenvalue weighted by Crippen LogP contribution is 1.99. The van der Waals surface area contributed by atoms with Crippen LogP contribution in [-0.2, 0) is 0 Å². The molecule has 0 aliphatic rings. The van der Waals surface area contributed by atoms with E-state index in [1.54, 1.807) is 0 Å². The van der Waals surface area contributed by atoms with E-state index in [1.165, 1.54) is 0 Å². The van der Waals surface area contributed by atoms with Gasteiger partial charge in [-0.15, -0.1) is 12.3 Å². The largest absolute Gasteiger partial charge is 0.310 e. The molecule has 0 amide bonds. The fourth-order valence-electron chi connectivity index (χ4n) is 1.06. The van der Waals surface area contributed by atoms with Gasteiger partial charge in [0.05, 0.1) is 12.5 Å².